The normalized spacial score (nSPS) is 12.2. The van der Waals surface area contributed by atoms with Gasteiger partial charge < -0.3 is 20.5 Å². The highest BCUT2D eigenvalue weighted by atomic mass is 35.5. The van der Waals surface area contributed by atoms with E-state index in [2.05, 4.69) is 20.9 Å². The van der Waals surface area contributed by atoms with E-state index < -0.39 is 17.9 Å². The number of carboxylic acid groups (broad SMARTS) is 1. The largest absolute Gasteiger partial charge is 0.481 e. The summed E-state index contributed by atoms with van der Waals surface area (Å²) in [5.74, 6) is -1.49. The van der Waals surface area contributed by atoms with Crippen molar-refractivity contribution in [3.05, 3.63) is 64.2 Å². The fourth-order valence-corrected chi connectivity index (χ4v) is 2.78. The number of hydrogen-bond acceptors (Lipinski definition) is 4. The van der Waals surface area contributed by atoms with Crippen LogP contribution in [-0.4, -0.2) is 36.2 Å². The van der Waals surface area contributed by atoms with Gasteiger partial charge in [0.05, 0.1) is 18.2 Å². The number of carbonyl (C=O) groups is 2. The Labute approximate surface area is 193 Å². The highest BCUT2D eigenvalue weighted by Crippen LogP contribution is 2.23. The second kappa shape index (κ2) is 12.7. The number of urea groups is 1. The number of aryl methyl sites for hydroxylation is 1. The van der Waals surface area contributed by atoms with Gasteiger partial charge in [-0.1, -0.05) is 54.4 Å². The molecule has 0 bridgehead atoms. The van der Waals surface area contributed by atoms with Crippen molar-refractivity contribution in [1.82, 2.24) is 16.0 Å². The number of hydrogen-bond donors (Lipinski definition) is 4. The lowest BCUT2D eigenvalue weighted by Crippen LogP contribution is -2.47. The molecule has 2 amide bonds. The van der Waals surface area contributed by atoms with Crippen molar-refractivity contribution >= 4 is 35.2 Å². The fraction of sp³-hybridized carbons (Fsp3) is 0.348. The number of benzene rings is 2. The van der Waals surface area contributed by atoms with Crippen LogP contribution in [0.1, 0.15) is 30.5 Å². The van der Waals surface area contributed by atoms with E-state index >= 15 is 0 Å². The van der Waals surface area contributed by atoms with Crippen LogP contribution < -0.4 is 16.0 Å². The van der Waals surface area contributed by atoms with Gasteiger partial charge in [0.1, 0.15) is 0 Å². The first-order valence-corrected chi connectivity index (χ1v) is 10.7. The lowest BCUT2D eigenvalue weighted by molar-refractivity contribution is -0.140. The minimum atomic E-state index is -0.988. The molecule has 0 aromatic heterocycles. The summed E-state index contributed by atoms with van der Waals surface area (Å²) in [4.78, 5) is 27.7. The van der Waals surface area contributed by atoms with E-state index in [0.717, 1.165) is 16.7 Å². The fourth-order valence-electron chi connectivity index (χ4n) is 2.55. The molecule has 0 aliphatic heterocycles. The third-order valence-electron chi connectivity index (χ3n) is 4.54. The molecule has 2 aromatic carbocycles. The average Bonchev–Trinajstić information content (AvgIpc) is 2.76. The minimum absolute atomic E-state index is 0.00956. The van der Waals surface area contributed by atoms with E-state index in [1.165, 1.54) is 6.92 Å². The maximum atomic E-state index is 12.3. The van der Waals surface area contributed by atoms with Crippen LogP contribution in [-0.2, 0) is 22.7 Å². The van der Waals surface area contributed by atoms with Crippen molar-refractivity contribution in [2.45, 2.75) is 33.9 Å². The van der Waals surface area contributed by atoms with Gasteiger partial charge >= 0.3 is 12.0 Å². The number of carbonyl (C=O) groups excluding carboxylic acids is 1. The lowest BCUT2D eigenvalue weighted by atomic mass is 10.1. The summed E-state index contributed by atoms with van der Waals surface area (Å²) in [5.41, 5.74) is 3.54. The van der Waals surface area contributed by atoms with Crippen molar-refractivity contribution in [1.29, 1.82) is 0 Å². The minimum Gasteiger partial charge on any atom is -0.481 e. The predicted octanol–water partition coefficient (Wildman–Crippen LogP) is 3.98. The van der Waals surface area contributed by atoms with Gasteiger partial charge in [0, 0.05) is 24.7 Å². The van der Waals surface area contributed by atoms with E-state index in [-0.39, 0.29) is 12.5 Å². The first-order valence-electron chi connectivity index (χ1n) is 10.3. The number of aliphatic carboxylic acids is 1. The van der Waals surface area contributed by atoms with Gasteiger partial charge in [-0.2, -0.15) is 0 Å². The molecular formula is C23H29ClN4O4. The molecule has 8 nitrogen and oxygen atoms in total. The van der Waals surface area contributed by atoms with Gasteiger partial charge in [0.25, 0.3) is 0 Å². The summed E-state index contributed by atoms with van der Waals surface area (Å²) in [7, 11) is 0. The zero-order valence-corrected chi connectivity index (χ0v) is 19.2. The topological polar surface area (TPSA) is 112 Å². The van der Waals surface area contributed by atoms with Crippen LogP contribution in [0.25, 0.3) is 0 Å². The number of rotatable bonds is 9. The molecule has 1 atom stereocenters. The highest BCUT2D eigenvalue weighted by molar-refractivity contribution is 6.31. The number of ether oxygens (including phenoxy) is 1. The average molecular weight is 461 g/mol. The predicted molar refractivity (Wildman–Crippen MR) is 125 cm³/mol. The van der Waals surface area contributed by atoms with Crippen molar-refractivity contribution in [2.75, 3.05) is 13.2 Å². The van der Waals surface area contributed by atoms with Gasteiger partial charge in [-0.05, 0) is 37.1 Å². The molecule has 0 saturated carbocycles. The summed E-state index contributed by atoms with van der Waals surface area (Å²) >= 11 is 6.33. The molecule has 0 aliphatic carbocycles. The van der Waals surface area contributed by atoms with E-state index in [9.17, 15) is 9.59 Å². The zero-order valence-electron chi connectivity index (χ0n) is 18.4. The van der Waals surface area contributed by atoms with Gasteiger partial charge in [-0.3, -0.25) is 10.1 Å². The van der Waals surface area contributed by atoms with Crippen LogP contribution in [0.4, 0.5) is 10.5 Å². The Morgan fingerprint density at radius 1 is 1.16 bits per heavy atom. The molecule has 9 heteroatoms. The quantitative estimate of drug-likeness (QED) is 0.334. The molecule has 0 unspecified atom stereocenters. The van der Waals surface area contributed by atoms with Crippen LogP contribution in [0.5, 0.6) is 0 Å². The van der Waals surface area contributed by atoms with E-state index in [1.807, 2.05) is 44.2 Å². The van der Waals surface area contributed by atoms with Crippen LogP contribution in [0.3, 0.4) is 0 Å². The Morgan fingerprint density at radius 2 is 1.88 bits per heavy atom. The number of amides is 2. The van der Waals surface area contributed by atoms with E-state index in [4.69, 9.17) is 21.4 Å². The Bertz CT molecular complexity index is 948. The second-order valence-corrected chi connectivity index (χ2v) is 7.69. The molecule has 172 valence electrons. The van der Waals surface area contributed by atoms with Crippen LogP contribution in [0.2, 0.25) is 5.02 Å². The number of aliphatic imine (C=N–C) groups is 1. The molecule has 0 aliphatic rings. The molecule has 0 radical (unpaired) electrons. The molecule has 4 N–H and O–H groups in total. The number of nitrogens with one attached hydrogen (secondary N) is 3. The molecule has 2 aromatic rings. The first kappa shape index (κ1) is 25.2. The number of nitrogens with zero attached hydrogens (tertiary/aromatic N) is 1. The number of guanidine groups is 1. The smallest absolute Gasteiger partial charge is 0.321 e. The Balaban J connectivity index is 2.14. The Hall–Kier alpha value is -3.10. The van der Waals surface area contributed by atoms with Crippen molar-refractivity contribution in [3.63, 3.8) is 0 Å². The summed E-state index contributed by atoms with van der Waals surface area (Å²) in [6.45, 7) is 6.84. The Morgan fingerprint density at radius 3 is 2.50 bits per heavy atom. The lowest BCUT2D eigenvalue weighted by Gasteiger charge is -2.14. The molecule has 32 heavy (non-hydrogen) atoms. The van der Waals surface area contributed by atoms with E-state index in [1.54, 1.807) is 12.1 Å². The first-order chi connectivity index (χ1) is 15.3. The third kappa shape index (κ3) is 8.56. The highest BCUT2D eigenvalue weighted by Gasteiger charge is 2.13. The molecule has 0 fully saturated rings. The van der Waals surface area contributed by atoms with E-state index in [0.29, 0.717) is 30.5 Å². The van der Waals surface area contributed by atoms with Crippen molar-refractivity contribution in [2.24, 2.45) is 10.9 Å². The maximum Gasteiger partial charge on any atom is 0.321 e. The summed E-state index contributed by atoms with van der Waals surface area (Å²) in [6.07, 6.45) is 0. The number of carboxylic acids is 1. The van der Waals surface area contributed by atoms with Crippen LogP contribution in [0.15, 0.2) is 47.5 Å². The molecule has 0 spiro atoms. The summed E-state index contributed by atoms with van der Waals surface area (Å²) in [6, 6.07) is 12.7. The molecule has 0 heterocycles. The van der Waals surface area contributed by atoms with Gasteiger partial charge in [-0.15, -0.1) is 0 Å². The second-order valence-electron chi connectivity index (χ2n) is 7.29. The number of halogens is 1. The standard InChI is InChI=1S/C23H29ClN4O4/c1-4-32-14-18-9-10-19(11-20(18)24)27-22(25-13-17-7-5-15(2)6-8-17)28-23(31)26-12-16(3)21(29)30/h5-11,16H,4,12-14H2,1-3H3,(H,29,30)(H3,25,26,27,28,31)/t16-/m0/s1. The van der Waals surface area contributed by atoms with Gasteiger partial charge in [0.2, 0.25) is 5.96 Å². The summed E-state index contributed by atoms with van der Waals surface area (Å²) in [5, 5.41) is 17.8. The van der Waals surface area contributed by atoms with Crippen molar-refractivity contribution < 1.29 is 19.4 Å². The summed E-state index contributed by atoms with van der Waals surface area (Å²) < 4.78 is 5.39. The Kier molecular flexibility index (Phi) is 9.97. The SMILES string of the molecule is CCOCc1ccc(/N=C(/NCc2ccc(C)cc2)NC(=O)NC[C@H](C)C(=O)O)cc1Cl. The maximum absolute atomic E-state index is 12.3. The van der Waals surface area contributed by atoms with Crippen molar-refractivity contribution in [3.8, 4) is 0 Å². The van der Waals surface area contributed by atoms with Crippen LogP contribution >= 0.6 is 11.6 Å². The van der Waals surface area contributed by atoms with Crippen LogP contribution in [0, 0.1) is 12.8 Å². The monoisotopic (exact) mass is 460 g/mol. The molecule has 2 rings (SSSR count). The molecule has 0 saturated heterocycles. The zero-order chi connectivity index (χ0) is 23.5. The van der Waals surface area contributed by atoms with Gasteiger partial charge in [-0.25, -0.2) is 9.79 Å². The molecular weight excluding hydrogens is 432 g/mol. The third-order valence-corrected chi connectivity index (χ3v) is 4.89. The van der Waals surface area contributed by atoms with Gasteiger partial charge in [0.15, 0.2) is 0 Å².